The molecule has 2 aromatic carbocycles. The first kappa shape index (κ1) is 23.2. The van der Waals surface area contributed by atoms with Crippen molar-refractivity contribution in [1.29, 1.82) is 0 Å². The van der Waals surface area contributed by atoms with Crippen LogP contribution in [0.25, 0.3) is 10.9 Å². The Balaban J connectivity index is 1.40. The maximum atomic E-state index is 13.6. The van der Waals surface area contributed by atoms with E-state index in [0.717, 1.165) is 36.1 Å². The lowest BCUT2D eigenvalue weighted by atomic mass is 10.0. The average Bonchev–Trinajstić information content (AvgIpc) is 3.00. The number of aromatic nitrogens is 2. The highest BCUT2D eigenvalue weighted by Crippen LogP contribution is 2.43. The molecule has 2 heterocycles. The highest BCUT2D eigenvalue weighted by Gasteiger charge is 2.25. The van der Waals surface area contributed by atoms with Gasteiger partial charge in [-0.2, -0.15) is 0 Å². The standard InChI is InChI=1S/C27H22F2N2O3S/c28-23-11-18-3-5-19(31-25(18)13-24(23)29)15-34-20-6-4-16-1-2-17-7-9-30-14-22(17)27(21(16)12-20)35-10-8-26(32)33/h3-7,9,11-14,27H,1-2,8,10,15H2,(H,32,33). The van der Waals surface area contributed by atoms with Gasteiger partial charge in [0.2, 0.25) is 0 Å². The first-order chi connectivity index (χ1) is 17.0. The van der Waals surface area contributed by atoms with Gasteiger partial charge in [0.05, 0.1) is 22.9 Å². The zero-order valence-corrected chi connectivity index (χ0v) is 19.5. The predicted molar refractivity (Wildman–Crippen MR) is 131 cm³/mol. The quantitative estimate of drug-likeness (QED) is 0.347. The van der Waals surface area contributed by atoms with E-state index in [1.165, 1.54) is 11.1 Å². The number of aryl methyl sites for hydroxylation is 2. The summed E-state index contributed by atoms with van der Waals surface area (Å²) in [6.45, 7) is 0.169. The molecule has 2 aromatic heterocycles. The number of nitrogens with zero attached hydrogens (tertiary/aromatic N) is 2. The molecule has 1 atom stereocenters. The van der Waals surface area contributed by atoms with Gasteiger partial charge in [0, 0.05) is 29.6 Å². The Hall–Kier alpha value is -3.52. The number of carboxylic acids is 1. The molecule has 5 nitrogen and oxygen atoms in total. The highest BCUT2D eigenvalue weighted by molar-refractivity contribution is 7.99. The van der Waals surface area contributed by atoms with Gasteiger partial charge in [0.15, 0.2) is 11.6 Å². The van der Waals surface area contributed by atoms with Crippen molar-refractivity contribution in [2.24, 2.45) is 0 Å². The van der Waals surface area contributed by atoms with Crippen LogP contribution in [0.15, 0.2) is 60.9 Å². The summed E-state index contributed by atoms with van der Waals surface area (Å²) in [5.74, 6) is -1.51. The van der Waals surface area contributed by atoms with Gasteiger partial charge in [-0.05, 0) is 65.4 Å². The Morgan fingerprint density at radius 1 is 1.03 bits per heavy atom. The fourth-order valence-electron chi connectivity index (χ4n) is 4.31. The molecule has 0 spiro atoms. The molecule has 178 valence electrons. The van der Waals surface area contributed by atoms with E-state index >= 15 is 0 Å². The lowest BCUT2D eigenvalue weighted by Gasteiger charge is -2.20. The van der Waals surface area contributed by atoms with Crippen LogP contribution in [0.4, 0.5) is 8.78 Å². The van der Waals surface area contributed by atoms with E-state index in [1.807, 2.05) is 24.4 Å². The first-order valence-electron chi connectivity index (χ1n) is 11.2. The molecule has 1 N–H and O–H groups in total. The topological polar surface area (TPSA) is 72.3 Å². The zero-order valence-electron chi connectivity index (χ0n) is 18.7. The minimum absolute atomic E-state index is 0.0456. The maximum absolute atomic E-state index is 13.6. The van der Waals surface area contributed by atoms with Crippen molar-refractivity contribution in [3.8, 4) is 5.75 Å². The SMILES string of the molecule is O=C(O)CCSC1c2cnccc2CCc2ccc(OCc3ccc4cc(F)c(F)cc4n3)cc21. The molecule has 35 heavy (non-hydrogen) atoms. The van der Waals surface area contributed by atoms with Gasteiger partial charge in [0.1, 0.15) is 12.4 Å². The number of carboxylic acid groups (broad SMARTS) is 1. The molecular formula is C27H22F2N2O3S. The largest absolute Gasteiger partial charge is 0.487 e. The van der Waals surface area contributed by atoms with Crippen LogP contribution in [0.3, 0.4) is 0 Å². The third-order valence-electron chi connectivity index (χ3n) is 6.07. The lowest BCUT2D eigenvalue weighted by molar-refractivity contribution is -0.136. The normalized spacial score (nSPS) is 14.7. The van der Waals surface area contributed by atoms with Crippen LogP contribution in [0, 0.1) is 11.6 Å². The molecule has 8 heteroatoms. The molecular weight excluding hydrogens is 470 g/mol. The molecule has 0 fully saturated rings. The number of ether oxygens (including phenoxy) is 1. The molecule has 0 saturated carbocycles. The minimum Gasteiger partial charge on any atom is -0.487 e. The molecule has 1 aliphatic rings. The molecule has 0 amide bonds. The van der Waals surface area contributed by atoms with Crippen LogP contribution >= 0.6 is 11.8 Å². The summed E-state index contributed by atoms with van der Waals surface area (Å²) in [6, 6.07) is 13.7. The van der Waals surface area contributed by atoms with Gasteiger partial charge < -0.3 is 9.84 Å². The monoisotopic (exact) mass is 492 g/mol. The highest BCUT2D eigenvalue weighted by atomic mass is 32.2. The minimum atomic E-state index is -0.935. The fourth-order valence-corrected chi connectivity index (χ4v) is 5.63. The number of halogens is 2. The third-order valence-corrected chi connectivity index (χ3v) is 7.35. The second-order valence-electron chi connectivity index (χ2n) is 8.38. The van der Waals surface area contributed by atoms with Gasteiger partial charge in [-0.1, -0.05) is 12.1 Å². The van der Waals surface area contributed by atoms with E-state index < -0.39 is 17.6 Å². The van der Waals surface area contributed by atoms with Crippen LogP contribution in [0.5, 0.6) is 5.75 Å². The van der Waals surface area contributed by atoms with Crippen molar-refractivity contribution in [2.75, 3.05) is 5.75 Å². The molecule has 1 unspecified atom stereocenters. The zero-order chi connectivity index (χ0) is 24.4. The number of aliphatic carboxylic acids is 1. The Kier molecular flexibility index (Phi) is 6.63. The van der Waals surface area contributed by atoms with E-state index in [-0.39, 0.29) is 18.3 Å². The first-order valence-corrected chi connectivity index (χ1v) is 12.3. The lowest BCUT2D eigenvalue weighted by Crippen LogP contribution is -2.05. The van der Waals surface area contributed by atoms with E-state index in [0.29, 0.717) is 28.1 Å². The second kappa shape index (κ2) is 10.00. The van der Waals surface area contributed by atoms with Crippen LogP contribution in [0.2, 0.25) is 0 Å². The summed E-state index contributed by atoms with van der Waals surface area (Å²) in [5, 5.41) is 9.59. The van der Waals surface area contributed by atoms with E-state index in [2.05, 4.69) is 16.0 Å². The Bertz CT molecular complexity index is 1410. The Labute approximate surface area is 205 Å². The number of carbonyl (C=O) groups is 1. The summed E-state index contributed by atoms with van der Waals surface area (Å²) in [5.41, 5.74) is 5.57. The molecule has 0 radical (unpaired) electrons. The molecule has 5 rings (SSSR count). The molecule has 0 aliphatic heterocycles. The number of rotatable bonds is 7. The van der Waals surface area contributed by atoms with Crippen molar-refractivity contribution in [2.45, 2.75) is 31.1 Å². The van der Waals surface area contributed by atoms with E-state index in [9.17, 15) is 13.6 Å². The summed E-state index contributed by atoms with van der Waals surface area (Å²) in [7, 11) is 0. The molecule has 4 aromatic rings. The van der Waals surface area contributed by atoms with Crippen LogP contribution in [-0.2, 0) is 24.2 Å². The van der Waals surface area contributed by atoms with Crippen molar-refractivity contribution >= 4 is 28.6 Å². The van der Waals surface area contributed by atoms with Gasteiger partial charge in [0.25, 0.3) is 0 Å². The fraction of sp³-hybridized carbons (Fsp3) is 0.222. The number of benzene rings is 2. The average molecular weight is 493 g/mol. The van der Waals surface area contributed by atoms with Crippen molar-refractivity contribution in [3.63, 3.8) is 0 Å². The van der Waals surface area contributed by atoms with Crippen molar-refractivity contribution in [1.82, 2.24) is 9.97 Å². The van der Waals surface area contributed by atoms with E-state index in [1.54, 1.807) is 30.1 Å². The van der Waals surface area contributed by atoms with Gasteiger partial charge in [-0.15, -0.1) is 11.8 Å². The number of hydrogen-bond donors (Lipinski definition) is 1. The van der Waals surface area contributed by atoms with Crippen molar-refractivity contribution < 1.29 is 23.4 Å². The second-order valence-corrected chi connectivity index (χ2v) is 9.59. The predicted octanol–water partition coefficient (Wildman–Crippen LogP) is 5.88. The van der Waals surface area contributed by atoms with Crippen LogP contribution < -0.4 is 4.74 Å². The smallest absolute Gasteiger partial charge is 0.304 e. The summed E-state index contributed by atoms with van der Waals surface area (Å²) < 4.78 is 33.1. The number of hydrogen-bond acceptors (Lipinski definition) is 5. The Morgan fingerprint density at radius 3 is 2.66 bits per heavy atom. The van der Waals surface area contributed by atoms with Crippen LogP contribution in [-0.4, -0.2) is 26.8 Å². The van der Waals surface area contributed by atoms with E-state index in [4.69, 9.17) is 9.84 Å². The number of fused-ring (bicyclic) bond motifs is 3. The van der Waals surface area contributed by atoms with Crippen molar-refractivity contribution in [3.05, 3.63) is 101 Å². The Morgan fingerprint density at radius 2 is 1.83 bits per heavy atom. The van der Waals surface area contributed by atoms with Gasteiger partial charge in [-0.25, -0.2) is 13.8 Å². The van der Waals surface area contributed by atoms with Gasteiger partial charge >= 0.3 is 5.97 Å². The summed E-state index contributed by atoms with van der Waals surface area (Å²) in [4.78, 5) is 19.8. The third kappa shape index (κ3) is 5.12. The van der Waals surface area contributed by atoms with Gasteiger partial charge in [-0.3, -0.25) is 9.78 Å². The molecule has 0 saturated heterocycles. The summed E-state index contributed by atoms with van der Waals surface area (Å²) >= 11 is 1.60. The molecule has 1 aliphatic carbocycles. The maximum Gasteiger partial charge on any atom is 0.304 e. The number of thioether (sulfide) groups is 1. The summed E-state index contributed by atoms with van der Waals surface area (Å²) in [6.07, 6.45) is 5.51. The number of pyridine rings is 2. The van der Waals surface area contributed by atoms with Crippen LogP contribution in [0.1, 0.15) is 39.6 Å². The molecule has 0 bridgehead atoms.